The minimum absolute atomic E-state index is 0.270. The average Bonchev–Trinajstić information content (AvgIpc) is 2.75. The van der Waals surface area contributed by atoms with E-state index < -0.39 is 0 Å². The highest BCUT2D eigenvalue weighted by Crippen LogP contribution is 2.46. The van der Waals surface area contributed by atoms with E-state index in [1.807, 2.05) is 0 Å². The van der Waals surface area contributed by atoms with Crippen LogP contribution < -0.4 is 5.32 Å². The van der Waals surface area contributed by atoms with Crippen LogP contribution in [0.4, 0.5) is 0 Å². The van der Waals surface area contributed by atoms with Crippen molar-refractivity contribution < 1.29 is 0 Å². The van der Waals surface area contributed by atoms with Crippen LogP contribution in [-0.2, 0) is 6.42 Å². The Balaban J connectivity index is 1.89. The van der Waals surface area contributed by atoms with Crippen LogP contribution in [0.2, 0.25) is 0 Å². The summed E-state index contributed by atoms with van der Waals surface area (Å²) in [6, 6.07) is 20.6. The molecule has 0 aromatic heterocycles. The summed E-state index contributed by atoms with van der Waals surface area (Å²) in [5, 5.41) is 3.93. The Morgan fingerprint density at radius 2 is 1.71 bits per heavy atom. The Bertz CT molecular complexity index is 600. The molecule has 2 aromatic carbocycles. The van der Waals surface area contributed by atoms with E-state index in [0.29, 0.717) is 12.1 Å². The monoisotopic (exact) mass is 279 g/mol. The minimum atomic E-state index is 0.270. The molecule has 0 heterocycles. The zero-order valence-electron chi connectivity index (χ0n) is 13.3. The van der Waals surface area contributed by atoms with Crippen molar-refractivity contribution in [3.63, 3.8) is 0 Å². The summed E-state index contributed by atoms with van der Waals surface area (Å²) in [6.45, 7) is 7.02. The number of nitrogens with one attached hydrogen (secondary N) is 1. The molecule has 0 saturated heterocycles. The molecule has 1 N–H and O–H groups in total. The maximum Gasteiger partial charge on any atom is 0.0382 e. The van der Waals surface area contributed by atoms with E-state index in [1.165, 1.54) is 16.7 Å². The predicted molar refractivity (Wildman–Crippen MR) is 89.3 cm³/mol. The first-order valence-electron chi connectivity index (χ1n) is 8.00. The Hall–Kier alpha value is -1.60. The van der Waals surface area contributed by atoms with Crippen LogP contribution in [0.25, 0.3) is 0 Å². The van der Waals surface area contributed by atoms with Gasteiger partial charge in [0.15, 0.2) is 0 Å². The first-order valence-corrected chi connectivity index (χ1v) is 8.00. The van der Waals surface area contributed by atoms with Gasteiger partial charge in [-0.15, -0.1) is 0 Å². The molecule has 1 nitrogen and oxygen atoms in total. The molecule has 0 amide bonds. The van der Waals surface area contributed by atoms with Gasteiger partial charge in [0.1, 0.15) is 0 Å². The summed E-state index contributed by atoms with van der Waals surface area (Å²) in [4.78, 5) is 0. The molecule has 2 aromatic rings. The predicted octanol–water partition coefficient (Wildman–Crippen LogP) is 5.05. The molecular formula is C20H25N. The summed E-state index contributed by atoms with van der Waals surface area (Å²) in [7, 11) is 0. The number of fused-ring (bicyclic) bond motifs is 1. The highest BCUT2D eigenvalue weighted by atomic mass is 15.0. The van der Waals surface area contributed by atoms with Crippen LogP contribution in [0.5, 0.6) is 0 Å². The largest absolute Gasteiger partial charge is 0.303 e. The smallest absolute Gasteiger partial charge is 0.0382 e. The van der Waals surface area contributed by atoms with Gasteiger partial charge < -0.3 is 5.32 Å². The molecule has 3 rings (SSSR count). The van der Waals surface area contributed by atoms with Crippen molar-refractivity contribution in [2.75, 3.05) is 0 Å². The molecule has 0 saturated carbocycles. The molecule has 0 radical (unpaired) electrons. The molecule has 110 valence electrons. The number of hydrogen-bond acceptors (Lipinski definition) is 1. The normalized spacial score (nSPS) is 21.0. The van der Waals surface area contributed by atoms with Crippen LogP contribution in [0, 0.1) is 5.41 Å². The van der Waals surface area contributed by atoms with E-state index in [-0.39, 0.29) is 5.41 Å². The van der Waals surface area contributed by atoms with Gasteiger partial charge in [0.2, 0.25) is 0 Å². The fourth-order valence-corrected chi connectivity index (χ4v) is 3.64. The van der Waals surface area contributed by atoms with Crippen molar-refractivity contribution in [3.8, 4) is 0 Å². The van der Waals surface area contributed by atoms with Crippen LogP contribution in [0.3, 0.4) is 0 Å². The molecule has 1 heteroatoms. The fourth-order valence-electron chi connectivity index (χ4n) is 3.64. The first-order chi connectivity index (χ1) is 10.1. The van der Waals surface area contributed by atoms with Crippen molar-refractivity contribution >= 4 is 0 Å². The lowest BCUT2D eigenvalue weighted by molar-refractivity contribution is 0.245. The summed E-state index contributed by atoms with van der Waals surface area (Å²) in [5.74, 6) is 0. The molecule has 2 unspecified atom stereocenters. The Morgan fingerprint density at radius 1 is 1.05 bits per heavy atom. The van der Waals surface area contributed by atoms with Gasteiger partial charge in [0.05, 0.1) is 0 Å². The zero-order valence-corrected chi connectivity index (χ0v) is 13.3. The standard InChI is InChI=1S/C20H25N/c1-4-18(15-10-6-5-7-11-15)21-19-17-13-9-8-12-16(17)14-20(19,2)3/h5-13,18-19,21H,4,14H2,1-3H3. The fraction of sp³-hybridized carbons (Fsp3) is 0.400. The summed E-state index contributed by atoms with van der Waals surface area (Å²) >= 11 is 0. The minimum Gasteiger partial charge on any atom is -0.303 e. The maximum absolute atomic E-state index is 3.93. The Labute approximate surface area is 128 Å². The van der Waals surface area contributed by atoms with Gasteiger partial charge in [0.25, 0.3) is 0 Å². The number of rotatable bonds is 4. The summed E-state index contributed by atoms with van der Waals surface area (Å²) in [6.07, 6.45) is 2.27. The Kier molecular flexibility index (Phi) is 3.86. The highest BCUT2D eigenvalue weighted by Gasteiger charge is 2.39. The van der Waals surface area contributed by atoms with Crippen molar-refractivity contribution in [3.05, 3.63) is 71.3 Å². The van der Waals surface area contributed by atoms with Crippen LogP contribution in [0.15, 0.2) is 54.6 Å². The van der Waals surface area contributed by atoms with Crippen LogP contribution >= 0.6 is 0 Å². The molecule has 0 fully saturated rings. The van der Waals surface area contributed by atoms with E-state index >= 15 is 0 Å². The van der Waals surface area contributed by atoms with Gasteiger partial charge in [0, 0.05) is 12.1 Å². The van der Waals surface area contributed by atoms with E-state index in [4.69, 9.17) is 0 Å². The first kappa shape index (κ1) is 14.3. The van der Waals surface area contributed by atoms with Gasteiger partial charge in [-0.1, -0.05) is 75.4 Å². The molecule has 0 aliphatic heterocycles. The van der Waals surface area contributed by atoms with E-state index in [0.717, 1.165) is 12.8 Å². The molecule has 1 aliphatic carbocycles. The molecular weight excluding hydrogens is 254 g/mol. The number of benzene rings is 2. The quantitative estimate of drug-likeness (QED) is 0.825. The third kappa shape index (κ3) is 2.75. The lowest BCUT2D eigenvalue weighted by Gasteiger charge is -2.32. The zero-order chi connectivity index (χ0) is 14.9. The van der Waals surface area contributed by atoms with Crippen LogP contribution in [0.1, 0.15) is 56.0 Å². The van der Waals surface area contributed by atoms with E-state index in [9.17, 15) is 0 Å². The topological polar surface area (TPSA) is 12.0 Å². The van der Waals surface area contributed by atoms with E-state index in [1.54, 1.807) is 0 Å². The molecule has 21 heavy (non-hydrogen) atoms. The van der Waals surface area contributed by atoms with Crippen molar-refractivity contribution in [2.45, 2.75) is 45.7 Å². The van der Waals surface area contributed by atoms with Gasteiger partial charge in [-0.05, 0) is 34.9 Å². The van der Waals surface area contributed by atoms with Crippen molar-refractivity contribution in [2.24, 2.45) is 5.41 Å². The lowest BCUT2D eigenvalue weighted by Crippen LogP contribution is -2.33. The van der Waals surface area contributed by atoms with Gasteiger partial charge in [-0.25, -0.2) is 0 Å². The third-order valence-electron chi connectivity index (χ3n) is 4.77. The molecule has 0 bridgehead atoms. The lowest BCUT2D eigenvalue weighted by atomic mass is 9.84. The third-order valence-corrected chi connectivity index (χ3v) is 4.77. The second kappa shape index (κ2) is 5.65. The summed E-state index contributed by atoms with van der Waals surface area (Å²) < 4.78 is 0. The highest BCUT2D eigenvalue weighted by molar-refractivity contribution is 5.38. The molecule has 0 spiro atoms. The average molecular weight is 279 g/mol. The number of hydrogen-bond donors (Lipinski definition) is 1. The SMILES string of the molecule is CCC(NC1c2ccccc2CC1(C)C)c1ccccc1. The van der Waals surface area contributed by atoms with E-state index in [2.05, 4.69) is 80.7 Å². The Morgan fingerprint density at radius 3 is 2.43 bits per heavy atom. The maximum atomic E-state index is 3.93. The van der Waals surface area contributed by atoms with Crippen molar-refractivity contribution in [1.82, 2.24) is 5.32 Å². The van der Waals surface area contributed by atoms with Gasteiger partial charge in [-0.3, -0.25) is 0 Å². The van der Waals surface area contributed by atoms with Gasteiger partial charge in [-0.2, -0.15) is 0 Å². The second-order valence-electron chi connectivity index (χ2n) is 6.84. The summed E-state index contributed by atoms with van der Waals surface area (Å²) in [5.41, 5.74) is 4.64. The van der Waals surface area contributed by atoms with Crippen molar-refractivity contribution in [1.29, 1.82) is 0 Å². The molecule has 1 aliphatic rings. The van der Waals surface area contributed by atoms with Crippen LogP contribution in [-0.4, -0.2) is 0 Å². The molecule has 2 atom stereocenters. The second-order valence-corrected chi connectivity index (χ2v) is 6.84. The van der Waals surface area contributed by atoms with Gasteiger partial charge >= 0.3 is 0 Å².